The first-order chi connectivity index (χ1) is 2.77. The van der Waals surface area contributed by atoms with Crippen molar-refractivity contribution in [3.8, 4) is 0 Å². The van der Waals surface area contributed by atoms with E-state index in [-0.39, 0.29) is 0 Å². The van der Waals surface area contributed by atoms with Crippen LogP contribution in [0, 0.1) is 5.92 Å². The maximum Gasteiger partial charge on any atom is -0.0379 e. The summed E-state index contributed by atoms with van der Waals surface area (Å²) >= 11 is 0. The molecule has 0 aromatic rings. The highest BCUT2D eigenvalue weighted by atomic mass is 31.0. The van der Waals surface area contributed by atoms with Gasteiger partial charge in [-0.05, 0) is 18.5 Å². The van der Waals surface area contributed by atoms with Crippen LogP contribution in [0.1, 0.15) is 20.3 Å². The van der Waals surface area contributed by atoms with Crippen molar-refractivity contribution in [3.05, 3.63) is 0 Å². The molecule has 0 aromatic heterocycles. The van der Waals surface area contributed by atoms with E-state index in [9.17, 15) is 0 Å². The van der Waals surface area contributed by atoms with E-state index in [1.54, 1.807) is 0 Å². The van der Waals surface area contributed by atoms with Crippen molar-refractivity contribution in [1.82, 2.24) is 0 Å². The first-order valence-electron chi connectivity index (χ1n) is 2.47. The highest BCUT2D eigenvalue weighted by Crippen LogP contribution is 2.00. The monoisotopic (exact) mass is 104 g/mol. The fraction of sp³-hybridized carbons (Fsp3) is 1.00. The molecule has 1 atom stereocenters. The Hall–Kier alpha value is 0.430. The lowest BCUT2D eigenvalue weighted by atomic mass is 10.2. The third-order valence-corrected chi connectivity index (χ3v) is 1.08. The minimum absolute atomic E-state index is 0.877. The van der Waals surface area contributed by atoms with E-state index < -0.39 is 0 Å². The van der Waals surface area contributed by atoms with Gasteiger partial charge in [0.15, 0.2) is 0 Å². The molecule has 0 spiro atoms. The van der Waals surface area contributed by atoms with E-state index in [2.05, 4.69) is 23.1 Å². The molecule has 0 nitrogen and oxygen atoms in total. The highest BCUT2D eigenvalue weighted by Gasteiger charge is 1.85. The Morgan fingerprint density at radius 3 is 2.00 bits per heavy atom. The first kappa shape index (κ1) is 6.43. The quantitative estimate of drug-likeness (QED) is 0.469. The van der Waals surface area contributed by atoms with E-state index in [1.165, 1.54) is 12.6 Å². The van der Waals surface area contributed by atoms with Crippen LogP contribution in [0.3, 0.4) is 0 Å². The smallest absolute Gasteiger partial charge is 0.0379 e. The summed E-state index contributed by atoms with van der Waals surface area (Å²) in [6.45, 7) is 4.48. The van der Waals surface area contributed by atoms with E-state index in [0.717, 1.165) is 5.92 Å². The zero-order valence-corrected chi connectivity index (χ0v) is 5.72. The molecule has 0 aromatic carbocycles. The van der Waals surface area contributed by atoms with Crippen LogP contribution in [0.15, 0.2) is 0 Å². The predicted octanol–water partition coefficient (Wildman–Crippen LogP) is 1.91. The molecule has 1 heteroatoms. The fourth-order valence-corrected chi connectivity index (χ4v) is 1.00. The second-order valence-corrected chi connectivity index (χ2v) is 2.55. The van der Waals surface area contributed by atoms with Gasteiger partial charge in [-0.2, -0.15) is 0 Å². The second kappa shape index (κ2) is 3.61. The molecule has 0 aliphatic rings. The third-order valence-electron chi connectivity index (χ3n) is 0.744. The van der Waals surface area contributed by atoms with Gasteiger partial charge < -0.3 is 0 Å². The molecule has 0 N–H and O–H groups in total. The average Bonchev–Trinajstić information content (AvgIpc) is 1.35. The second-order valence-electron chi connectivity index (χ2n) is 1.97. The molecule has 0 heterocycles. The number of hydrogen-bond donors (Lipinski definition) is 0. The van der Waals surface area contributed by atoms with Crippen molar-refractivity contribution in [2.24, 2.45) is 5.92 Å². The molecule has 0 bridgehead atoms. The van der Waals surface area contributed by atoms with Gasteiger partial charge in [0.25, 0.3) is 0 Å². The summed E-state index contributed by atoms with van der Waals surface area (Å²) in [5.41, 5.74) is 0. The van der Waals surface area contributed by atoms with Gasteiger partial charge in [-0.3, -0.25) is 0 Å². The van der Waals surface area contributed by atoms with Crippen LogP contribution in [0.4, 0.5) is 0 Å². The molecule has 0 rings (SSSR count). The molecule has 6 heavy (non-hydrogen) atoms. The van der Waals surface area contributed by atoms with Crippen LogP contribution >= 0.6 is 9.24 Å². The summed E-state index contributed by atoms with van der Waals surface area (Å²) < 4.78 is 0. The summed E-state index contributed by atoms with van der Waals surface area (Å²) in [5, 5.41) is 0. The molecule has 0 radical (unpaired) electrons. The first-order valence-corrected chi connectivity index (χ1v) is 3.29. The van der Waals surface area contributed by atoms with Crippen molar-refractivity contribution >= 4 is 9.24 Å². The molecule has 0 fully saturated rings. The molecule has 0 saturated heterocycles. The van der Waals surface area contributed by atoms with Crippen molar-refractivity contribution in [2.45, 2.75) is 20.3 Å². The minimum Gasteiger partial charge on any atom is -0.138 e. The summed E-state index contributed by atoms with van der Waals surface area (Å²) in [6, 6.07) is 0. The third kappa shape index (κ3) is 4.43. The van der Waals surface area contributed by atoms with Crippen molar-refractivity contribution in [3.63, 3.8) is 0 Å². The summed E-state index contributed by atoms with van der Waals surface area (Å²) in [5.74, 6) is 0.877. The lowest BCUT2D eigenvalue weighted by Crippen LogP contribution is -1.84. The normalized spacial score (nSPS) is 10.0. The van der Waals surface area contributed by atoms with E-state index in [1.807, 2.05) is 0 Å². The van der Waals surface area contributed by atoms with E-state index in [4.69, 9.17) is 0 Å². The van der Waals surface area contributed by atoms with Gasteiger partial charge in [-0.15, -0.1) is 9.24 Å². The number of rotatable bonds is 2. The maximum atomic E-state index is 2.72. The van der Waals surface area contributed by atoms with Gasteiger partial charge in [0.2, 0.25) is 0 Å². The Balaban J connectivity index is 2.63. The molecule has 0 aliphatic carbocycles. The molecular formula is C5H13P. The minimum atomic E-state index is 0.877. The van der Waals surface area contributed by atoms with Gasteiger partial charge in [0.05, 0.1) is 0 Å². The lowest BCUT2D eigenvalue weighted by molar-refractivity contribution is 0.632. The number of hydrogen-bond acceptors (Lipinski definition) is 0. The topological polar surface area (TPSA) is 0 Å². The van der Waals surface area contributed by atoms with Gasteiger partial charge >= 0.3 is 0 Å². The Kier molecular flexibility index (Phi) is 3.87. The zero-order valence-electron chi connectivity index (χ0n) is 4.57. The standard InChI is InChI=1S/C5H13P/c1-5(2)3-4-6/h5H,3-4,6H2,1-2H3. The zero-order chi connectivity index (χ0) is 4.99. The van der Waals surface area contributed by atoms with E-state index >= 15 is 0 Å². The van der Waals surface area contributed by atoms with Crippen molar-refractivity contribution in [1.29, 1.82) is 0 Å². The van der Waals surface area contributed by atoms with Crippen LogP contribution in [0.5, 0.6) is 0 Å². The van der Waals surface area contributed by atoms with Gasteiger partial charge in [0.1, 0.15) is 0 Å². The molecule has 1 unspecified atom stereocenters. The van der Waals surface area contributed by atoms with Crippen LogP contribution in [0.2, 0.25) is 0 Å². The lowest BCUT2D eigenvalue weighted by Gasteiger charge is -1.95. The van der Waals surface area contributed by atoms with Gasteiger partial charge in [-0.25, -0.2) is 0 Å². The molecule has 38 valence electrons. The molecule has 0 saturated carbocycles. The fourth-order valence-electron chi connectivity index (χ4n) is 0.333. The van der Waals surface area contributed by atoms with Gasteiger partial charge in [-0.1, -0.05) is 13.8 Å². The Labute approximate surface area is 42.5 Å². The predicted molar refractivity (Wildman–Crippen MR) is 34.0 cm³/mol. The SMILES string of the molecule is CC(C)CCP. The molecule has 0 amide bonds. The summed E-state index contributed by atoms with van der Waals surface area (Å²) in [6.07, 6.45) is 2.59. The Bertz CT molecular complexity index is 25.1. The summed E-state index contributed by atoms with van der Waals surface area (Å²) in [4.78, 5) is 0. The van der Waals surface area contributed by atoms with Gasteiger partial charge in [0, 0.05) is 0 Å². The van der Waals surface area contributed by atoms with Crippen molar-refractivity contribution in [2.75, 3.05) is 6.16 Å². The van der Waals surface area contributed by atoms with Crippen LogP contribution in [-0.4, -0.2) is 6.16 Å². The maximum absolute atomic E-state index is 2.72. The molecule has 0 aliphatic heterocycles. The Morgan fingerprint density at radius 1 is 1.50 bits per heavy atom. The van der Waals surface area contributed by atoms with E-state index in [0.29, 0.717) is 0 Å². The average molecular weight is 104 g/mol. The van der Waals surface area contributed by atoms with Crippen LogP contribution in [0.25, 0.3) is 0 Å². The van der Waals surface area contributed by atoms with Crippen LogP contribution in [-0.2, 0) is 0 Å². The summed E-state index contributed by atoms with van der Waals surface area (Å²) in [7, 11) is 2.72. The highest BCUT2D eigenvalue weighted by molar-refractivity contribution is 7.16. The Morgan fingerprint density at radius 2 is 2.00 bits per heavy atom. The largest absolute Gasteiger partial charge is 0.138 e. The molecular weight excluding hydrogens is 91.0 g/mol. The van der Waals surface area contributed by atoms with Crippen LogP contribution < -0.4 is 0 Å². The van der Waals surface area contributed by atoms with Crippen molar-refractivity contribution < 1.29 is 0 Å².